The van der Waals surface area contributed by atoms with Gasteiger partial charge in [0.2, 0.25) is 0 Å². The van der Waals surface area contributed by atoms with Gasteiger partial charge in [0.1, 0.15) is 10.7 Å². The summed E-state index contributed by atoms with van der Waals surface area (Å²) in [5, 5.41) is 1.61. The SMILES string of the molecule is CC(C)C(C)C(=O)c1sccc1F. The van der Waals surface area contributed by atoms with Crippen molar-refractivity contribution in [3.8, 4) is 0 Å². The second-order valence-corrected chi connectivity index (χ2v) is 4.41. The van der Waals surface area contributed by atoms with E-state index in [0.717, 1.165) is 0 Å². The summed E-state index contributed by atoms with van der Waals surface area (Å²) in [4.78, 5) is 11.9. The highest BCUT2D eigenvalue weighted by molar-refractivity contribution is 7.12. The normalized spacial score (nSPS) is 13.3. The van der Waals surface area contributed by atoms with Crippen molar-refractivity contribution >= 4 is 17.1 Å². The van der Waals surface area contributed by atoms with Gasteiger partial charge in [-0.3, -0.25) is 4.79 Å². The molecule has 0 aliphatic heterocycles. The third-order valence-corrected chi connectivity index (χ3v) is 3.16. The lowest BCUT2D eigenvalue weighted by atomic mass is 9.93. The number of thiophene rings is 1. The summed E-state index contributed by atoms with van der Waals surface area (Å²) in [5.74, 6) is -0.313. The lowest BCUT2D eigenvalue weighted by Gasteiger charge is -2.12. The van der Waals surface area contributed by atoms with Gasteiger partial charge in [0.25, 0.3) is 0 Å². The zero-order valence-corrected chi connectivity index (χ0v) is 8.82. The van der Waals surface area contributed by atoms with Crippen molar-refractivity contribution in [2.75, 3.05) is 0 Å². The van der Waals surface area contributed by atoms with Crippen LogP contribution in [0.15, 0.2) is 11.4 Å². The van der Waals surface area contributed by atoms with Crippen LogP contribution in [0.2, 0.25) is 0 Å². The fourth-order valence-corrected chi connectivity index (χ4v) is 1.79. The van der Waals surface area contributed by atoms with E-state index in [1.54, 1.807) is 5.38 Å². The van der Waals surface area contributed by atoms with Crippen LogP contribution >= 0.6 is 11.3 Å². The standard InChI is InChI=1S/C10H13FOS/c1-6(2)7(3)9(12)10-8(11)4-5-13-10/h4-7H,1-3H3. The number of carbonyl (C=O) groups is 1. The van der Waals surface area contributed by atoms with Crippen LogP contribution in [0.4, 0.5) is 4.39 Å². The van der Waals surface area contributed by atoms with E-state index in [1.807, 2.05) is 20.8 Å². The Morgan fingerprint density at radius 2 is 2.08 bits per heavy atom. The van der Waals surface area contributed by atoms with Crippen molar-refractivity contribution in [2.45, 2.75) is 20.8 Å². The molecule has 0 bridgehead atoms. The maximum atomic E-state index is 13.0. The fourth-order valence-electron chi connectivity index (χ4n) is 0.979. The number of hydrogen-bond acceptors (Lipinski definition) is 2. The molecule has 0 fully saturated rings. The molecule has 13 heavy (non-hydrogen) atoms. The topological polar surface area (TPSA) is 17.1 Å². The number of Topliss-reactive ketones (excluding diaryl/α,β-unsaturated/α-hetero) is 1. The Labute approximate surface area is 81.6 Å². The van der Waals surface area contributed by atoms with E-state index < -0.39 is 0 Å². The van der Waals surface area contributed by atoms with E-state index in [9.17, 15) is 9.18 Å². The zero-order chi connectivity index (χ0) is 10.0. The van der Waals surface area contributed by atoms with Gasteiger partial charge in [-0.15, -0.1) is 11.3 Å². The van der Waals surface area contributed by atoms with E-state index >= 15 is 0 Å². The maximum absolute atomic E-state index is 13.0. The van der Waals surface area contributed by atoms with Crippen LogP contribution in [0.25, 0.3) is 0 Å². The van der Waals surface area contributed by atoms with E-state index in [0.29, 0.717) is 0 Å². The van der Waals surface area contributed by atoms with Gasteiger partial charge >= 0.3 is 0 Å². The molecule has 1 aromatic rings. The van der Waals surface area contributed by atoms with Gasteiger partial charge in [0, 0.05) is 5.92 Å². The Hall–Kier alpha value is -0.700. The quantitative estimate of drug-likeness (QED) is 0.684. The molecule has 0 saturated carbocycles. The summed E-state index contributed by atoms with van der Waals surface area (Å²) in [6.07, 6.45) is 0. The van der Waals surface area contributed by atoms with Crippen molar-refractivity contribution < 1.29 is 9.18 Å². The smallest absolute Gasteiger partial charge is 0.178 e. The summed E-state index contributed by atoms with van der Waals surface area (Å²) in [5.41, 5.74) is 0. The van der Waals surface area contributed by atoms with Gasteiger partial charge in [-0.1, -0.05) is 20.8 Å². The third kappa shape index (κ3) is 2.15. The lowest BCUT2D eigenvalue weighted by molar-refractivity contribution is 0.0900. The predicted octanol–water partition coefficient (Wildman–Crippen LogP) is 3.36. The van der Waals surface area contributed by atoms with Crippen LogP contribution in [0.3, 0.4) is 0 Å². The molecule has 0 amide bonds. The first-order chi connectivity index (χ1) is 6.04. The Morgan fingerprint density at radius 1 is 1.46 bits per heavy atom. The highest BCUT2D eigenvalue weighted by Gasteiger charge is 2.22. The molecule has 0 saturated heterocycles. The molecule has 0 aliphatic rings. The second kappa shape index (κ2) is 4.01. The largest absolute Gasteiger partial charge is 0.293 e. The molecule has 1 atom stereocenters. The van der Waals surface area contributed by atoms with Gasteiger partial charge in [-0.05, 0) is 17.4 Å². The first kappa shape index (κ1) is 10.4. The van der Waals surface area contributed by atoms with Crippen LogP contribution in [-0.4, -0.2) is 5.78 Å². The molecule has 0 aliphatic carbocycles. The first-order valence-corrected chi connectivity index (χ1v) is 5.19. The minimum absolute atomic E-state index is 0.0810. The maximum Gasteiger partial charge on any atom is 0.178 e. The molecule has 1 nitrogen and oxygen atoms in total. The van der Waals surface area contributed by atoms with Crippen LogP contribution in [0, 0.1) is 17.7 Å². The Balaban J connectivity index is 2.86. The van der Waals surface area contributed by atoms with E-state index in [4.69, 9.17) is 0 Å². The van der Waals surface area contributed by atoms with Crippen LogP contribution in [-0.2, 0) is 0 Å². The van der Waals surface area contributed by atoms with E-state index in [-0.39, 0.29) is 28.3 Å². The Morgan fingerprint density at radius 3 is 2.46 bits per heavy atom. The van der Waals surface area contributed by atoms with Crippen molar-refractivity contribution in [1.82, 2.24) is 0 Å². The number of hydrogen-bond donors (Lipinski definition) is 0. The summed E-state index contributed by atoms with van der Waals surface area (Å²) in [6.45, 7) is 5.77. The fraction of sp³-hybridized carbons (Fsp3) is 0.500. The molecule has 0 aromatic carbocycles. The van der Waals surface area contributed by atoms with Crippen LogP contribution in [0.5, 0.6) is 0 Å². The number of halogens is 1. The highest BCUT2D eigenvalue weighted by Crippen LogP contribution is 2.22. The monoisotopic (exact) mass is 200 g/mol. The molecule has 0 N–H and O–H groups in total. The summed E-state index contributed by atoms with van der Waals surface area (Å²) in [7, 11) is 0. The van der Waals surface area contributed by atoms with E-state index in [1.165, 1.54) is 17.4 Å². The van der Waals surface area contributed by atoms with Gasteiger partial charge in [-0.2, -0.15) is 0 Å². The van der Waals surface area contributed by atoms with E-state index in [2.05, 4.69) is 0 Å². The highest BCUT2D eigenvalue weighted by atomic mass is 32.1. The molecule has 72 valence electrons. The third-order valence-electron chi connectivity index (χ3n) is 2.25. The average Bonchev–Trinajstić information content (AvgIpc) is 2.48. The van der Waals surface area contributed by atoms with Gasteiger partial charge in [0.15, 0.2) is 5.78 Å². The molecule has 1 unspecified atom stereocenters. The molecular formula is C10H13FOS. The van der Waals surface area contributed by atoms with Gasteiger partial charge in [0.05, 0.1) is 0 Å². The molecule has 0 radical (unpaired) electrons. The molecular weight excluding hydrogens is 187 g/mol. The minimum Gasteiger partial charge on any atom is -0.293 e. The number of carbonyl (C=O) groups excluding carboxylic acids is 1. The number of ketones is 1. The Bertz CT molecular complexity index is 304. The molecule has 1 rings (SSSR count). The van der Waals surface area contributed by atoms with Gasteiger partial charge < -0.3 is 0 Å². The average molecular weight is 200 g/mol. The van der Waals surface area contributed by atoms with Crippen LogP contribution in [0.1, 0.15) is 30.4 Å². The lowest BCUT2D eigenvalue weighted by Crippen LogP contribution is -2.16. The molecule has 1 aromatic heterocycles. The van der Waals surface area contributed by atoms with Crippen molar-refractivity contribution in [3.05, 3.63) is 22.1 Å². The van der Waals surface area contributed by atoms with Crippen molar-refractivity contribution in [1.29, 1.82) is 0 Å². The molecule has 0 spiro atoms. The first-order valence-electron chi connectivity index (χ1n) is 4.31. The predicted molar refractivity (Wildman–Crippen MR) is 52.6 cm³/mol. The van der Waals surface area contributed by atoms with Crippen molar-refractivity contribution in [2.24, 2.45) is 11.8 Å². The Kier molecular flexibility index (Phi) is 3.20. The minimum atomic E-state index is -0.387. The van der Waals surface area contributed by atoms with Crippen molar-refractivity contribution in [3.63, 3.8) is 0 Å². The van der Waals surface area contributed by atoms with Gasteiger partial charge in [-0.25, -0.2) is 4.39 Å². The summed E-state index contributed by atoms with van der Waals surface area (Å²) in [6, 6.07) is 1.34. The second-order valence-electron chi connectivity index (χ2n) is 3.49. The van der Waals surface area contributed by atoms with Crippen LogP contribution < -0.4 is 0 Å². The zero-order valence-electron chi connectivity index (χ0n) is 8.00. The summed E-state index contributed by atoms with van der Waals surface area (Å²) >= 11 is 1.18. The number of rotatable bonds is 3. The summed E-state index contributed by atoms with van der Waals surface area (Å²) < 4.78 is 13.0. The molecule has 1 heterocycles. The molecule has 3 heteroatoms.